The van der Waals surface area contributed by atoms with Gasteiger partial charge in [-0.05, 0) is 23.7 Å². The van der Waals surface area contributed by atoms with E-state index >= 15 is 0 Å². The maximum atomic E-state index is 12.0. The van der Waals surface area contributed by atoms with Crippen LogP contribution in [0.4, 0.5) is 4.79 Å². The minimum atomic E-state index is -0.240. The molecule has 1 aromatic rings. The molecule has 0 saturated carbocycles. The molecule has 5 heteroatoms. The first-order valence-electron chi connectivity index (χ1n) is 6.45. The van der Waals surface area contributed by atoms with Crippen molar-refractivity contribution in [2.24, 2.45) is 5.92 Å². The van der Waals surface area contributed by atoms with Crippen LogP contribution in [0.1, 0.15) is 12.0 Å². The van der Waals surface area contributed by atoms with Gasteiger partial charge < -0.3 is 9.64 Å². The molecule has 1 fully saturated rings. The van der Waals surface area contributed by atoms with Crippen molar-refractivity contribution >= 4 is 31.4 Å². The number of hydrogen-bond acceptors (Lipinski definition) is 4. The number of nitrogens with zero attached hydrogens (tertiary/aromatic N) is 1. The van der Waals surface area contributed by atoms with Crippen LogP contribution in [0, 0.1) is 5.92 Å². The van der Waals surface area contributed by atoms with Crippen LogP contribution in [0.15, 0.2) is 30.3 Å². The number of thiol groups is 2. The molecule has 2 rings (SSSR count). The zero-order chi connectivity index (χ0) is 13.7. The van der Waals surface area contributed by atoms with Gasteiger partial charge in [0.1, 0.15) is 6.61 Å². The van der Waals surface area contributed by atoms with E-state index in [-0.39, 0.29) is 6.09 Å². The van der Waals surface area contributed by atoms with E-state index in [4.69, 9.17) is 4.74 Å². The fourth-order valence-electron chi connectivity index (χ4n) is 2.18. The number of ether oxygens (including phenoxy) is 1. The lowest BCUT2D eigenvalue weighted by atomic mass is 10.00. The molecule has 3 nitrogen and oxygen atoms in total. The molecule has 0 aromatic heterocycles. The predicted octanol–water partition coefficient (Wildman–Crippen LogP) is 2.87. The van der Waals surface area contributed by atoms with E-state index in [1.807, 2.05) is 30.3 Å². The minimum Gasteiger partial charge on any atom is -0.445 e. The third kappa shape index (κ3) is 4.08. The normalized spacial score (nSPS) is 23.2. The minimum absolute atomic E-state index is 0.240. The van der Waals surface area contributed by atoms with Gasteiger partial charge in [0.05, 0.1) is 0 Å². The van der Waals surface area contributed by atoms with Crippen LogP contribution in [0.3, 0.4) is 0 Å². The molecule has 1 aliphatic heterocycles. The summed E-state index contributed by atoms with van der Waals surface area (Å²) in [5.74, 6) is 1.08. The standard InChI is InChI=1S/C14H19NO2S2/c16-14(17-9-11-4-2-1-3-5-11)15-7-6-13(19)12(8-15)10-18/h1-5,12-13,18-19H,6-10H2. The summed E-state index contributed by atoms with van der Waals surface area (Å²) in [5.41, 5.74) is 1.01. The number of likely N-dealkylation sites (tertiary alicyclic amines) is 1. The van der Waals surface area contributed by atoms with Crippen molar-refractivity contribution in [2.45, 2.75) is 18.3 Å². The molecular weight excluding hydrogens is 278 g/mol. The van der Waals surface area contributed by atoms with Crippen LogP contribution >= 0.6 is 25.3 Å². The van der Waals surface area contributed by atoms with Crippen molar-refractivity contribution in [2.75, 3.05) is 18.8 Å². The molecule has 0 aliphatic carbocycles. The highest BCUT2D eigenvalue weighted by atomic mass is 32.1. The Morgan fingerprint density at radius 2 is 2.11 bits per heavy atom. The quantitative estimate of drug-likeness (QED) is 0.840. The van der Waals surface area contributed by atoms with Crippen molar-refractivity contribution in [1.82, 2.24) is 4.90 Å². The second-order valence-electron chi connectivity index (χ2n) is 4.78. The van der Waals surface area contributed by atoms with Gasteiger partial charge in [0, 0.05) is 18.3 Å². The Balaban J connectivity index is 1.83. The Morgan fingerprint density at radius 3 is 2.79 bits per heavy atom. The number of benzene rings is 1. The van der Waals surface area contributed by atoms with E-state index in [1.54, 1.807) is 4.90 Å². The molecule has 1 heterocycles. The van der Waals surface area contributed by atoms with E-state index in [9.17, 15) is 4.79 Å². The Hall–Kier alpha value is -0.810. The zero-order valence-corrected chi connectivity index (χ0v) is 12.5. The number of rotatable bonds is 3. The number of piperidine rings is 1. The van der Waals surface area contributed by atoms with Crippen LogP contribution in [-0.4, -0.2) is 35.1 Å². The Morgan fingerprint density at radius 1 is 1.37 bits per heavy atom. The van der Waals surface area contributed by atoms with Crippen molar-refractivity contribution in [3.8, 4) is 0 Å². The molecule has 0 spiro atoms. The van der Waals surface area contributed by atoms with E-state index in [0.29, 0.717) is 30.9 Å². The van der Waals surface area contributed by atoms with Crippen LogP contribution in [0.25, 0.3) is 0 Å². The molecule has 19 heavy (non-hydrogen) atoms. The van der Waals surface area contributed by atoms with E-state index in [2.05, 4.69) is 25.3 Å². The first-order valence-corrected chi connectivity index (χ1v) is 7.60. The van der Waals surface area contributed by atoms with Crippen LogP contribution in [-0.2, 0) is 11.3 Å². The third-order valence-electron chi connectivity index (χ3n) is 3.39. The highest BCUT2D eigenvalue weighted by Crippen LogP contribution is 2.23. The van der Waals surface area contributed by atoms with Gasteiger partial charge in [-0.25, -0.2) is 4.79 Å². The number of carbonyl (C=O) groups is 1. The fraction of sp³-hybridized carbons (Fsp3) is 0.500. The first-order chi connectivity index (χ1) is 9.20. The molecule has 1 aromatic carbocycles. The zero-order valence-electron chi connectivity index (χ0n) is 10.7. The van der Waals surface area contributed by atoms with Gasteiger partial charge in [-0.1, -0.05) is 30.3 Å². The maximum Gasteiger partial charge on any atom is 0.410 e. The third-order valence-corrected chi connectivity index (χ3v) is 4.54. The summed E-state index contributed by atoms with van der Waals surface area (Å²) in [6.45, 7) is 1.73. The molecule has 0 N–H and O–H groups in total. The molecule has 0 radical (unpaired) electrons. The highest BCUT2D eigenvalue weighted by molar-refractivity contribution is 7.81. The van der Waals surface area contributed by atoms with Crippen LogP contribution in [0.2, 0.25) is 0 Å². The van der Waals surface area contributed by atoms with E-state index in [1.165, 1.54) is 0 Å². The smallest absolute Gasteiger partial charge is 0.410 e. The monoisotopic (exact) mass is 297 g/mol. The van der Waals surface area contributed by atoms with Crippen molar-refractivity contribution in [3.05, 3.63) is 35.9 Å². The molecular formula is C14H19NO2S2. The van der Waals surface area contributed by atoms with Gasteiger partial charge in [0.15, 0.2) is 0 Å². The number of hydrogen-bond donors (Lipinski definition) is 2. The van der Waals surface area contributed by atoms with Gasteiger partial charge in [0.2, 0.25) is 0 Å². The predicted molar refractivity (Wildman–Crippen MR) is 82.9 cm³/mol. The number of amides is 1. The lowest BCUT2D eigenvalue weighted by Crippen LogP contribution is -2.45. The largest absolute Gasteiger partial charge is 0.445 e. The first kappa shape index (κ1) is 14.6. The summed E-state index contributed by atoms with van der Waals surface area (Å²) < 4.78 is 5.33. The second kappa shape index (κ2) is 7.10. The molecule has 0 bridgehead atoms. The van der Waals surface area contributed by atoms with Crippen molar-refractivity contribution in [3.63, 3.8) is 0 Å². The number of carbonyl (C=O) groups excluding carboxylic acids is 1. The second-order valence-corrected chi connectivity index (χ2v) is 5.81. The average Bonchev–Trinajstić information content (AvgIpc) is 2.46. The summed E-state index contributed by atoms with van der Waals surface area (Å²) >= 11 is 8.84. The molecule has 1 saturated heterocycles. The summed E-state index contributed by atoms with van der Waals surface area (Å²) in [6, 6.07) is 9.71. The fourth-order valence-corrected chi connectivity index (χ4v) is 3.03. The van der Waals surface area contributed by atoms with Gasteiger partial charge in [-0.2, -0.15) is 25.3 Å². The SMILES string of the molecule is O=C(OCc1ccccc1)N1CCC(S)C(CS)C1. The Labute approximate surface area is 125 Å². The summed E-state index contributed by atoms with van der Waals surface area (Å²) in [4.78, 5) is 13.8. The average molecular weight is 297 g/mol. The Bertz CT molecular complexity index is 413. The van der Waals surface area contributed by atoms with Crippen molar-refractivity contribution in [1.29, 1.82) is 0 Å². The lowest BCUT2D eigenvalue weighted by molar-refractivity contribution is 0.0827. The van der Waals surface area contributed by atoms with Gasteiger partial charge in [-0.15, -0.1) is 0 Å². The molecule has 1 amide bonds. The van der Waals surface area contributed by atoms with Gasteiger partial charge in [0.25, 0.3) is 0 Å². The summed E-state index contributed by atoms with van der Waals surface area (Å²) in [5, 5.41) is 0.329. The van der Waals surface area contributed by atoms with E-state index < -0.39 is 0 Å². The maximum absolute atomic E-state index is 12.0. The van der Waals surface area contributed by atoms with E-state index in [0.717, 1.165) is 17.7 Å². The van der Waals surface area contributed by atoms with Crippen LogP contribution in [0.5, 0.6) is 0 Å². The molecule has 104 valence electrons. The van der Waals surface area contributed by atoms with Crippen LogP contribution < -0.4 is 0 Å². The Kier molecular flexibility index (Phi) is 5.45. The summed E-state index contributed by atoms with van der Waals surface area (Å²) in [6.07, 6.45) is 0.658. The lowest BCUT2D eigenvalue weighted by Gasteiger charge is -2.35. The molecule has 2 atom stereocenters. The highest BCUT2D eigenvalue weighted by Gasteiger charge is 2.29. The van der Waals surface area contributed by atoms with Gasteiger partial charge >= 0.3 is 6.09 Å². The van der Waals surface area contributed by atoms with Crippen molar-refractivity contribution < 1.29 is 9.53 Å². The topological polar surface area (TPSA) is 29.5 Å². The van der Waals surface area contributed by atoms with Gasteiger partial charge in [-0.3, -0.25) is 0 Å². The molecule has 2 unspecified atom stereocenters. The molecule has 1 aliphatic rings. The summed E-state index contributed by atoms with van der Waals surface area (Å²) in [7, 11) is 0.